The Labute approximate surface area is 109 Å². The van der Waals surface area contributed by atoms with Crippen molar-refractivity contribution in [3.05, 3.63) is 29.6 Å². The normalized spacial score (nSPS) is 23.6. The van der Waals surface area contributed by atoms with Crippen LogP contribution in [0.25, 0.3) is 0 Å². The van der Waals surface area contributed by atoms with Crippen LogP contribution in [0.2, 0.25) is 0 Å². The molecule has 2 rings (SSSR count). The van der Waals surface area contributed by atoms with E-state index in [9.17, 15) is 4.39 Å². The average Bonchev–Trinajstić information content (AvgIpc) is 2.78. The molecule has 100 valence electrons. The van der Waals surface area contributed by atoms with E-state index >= 15 is 0 Å². The Morgan fingerprint density at radius 1 is 1.44 bits per heavy atom. The van der Waals surface area contributed by atoms with Gasteiger partial charge in [-0.1, -0.05) is 26.0 Å². The van der Waals surface area contributed by atoms with Gasteiger partial charge < -0.3 is 10.1 Å². The van der Waals surface area contributed by atoms with Crippen LogP contribution < -0.4 is 10.1 Å². The molecule has 1 saturated heterocycles. The van der Waals surface area contributed by atoms with Crippen molar-refractivity contribution in [2.75, 3.05) is 13.7 Å². The summed E-state index contributed by atoms with van der Waals surface area (Å²) in [7, 11) is 1.51. The standard InChI is InChI=1S/C15H22FNO/c1-11(2)10-15(8-5-9-17-15)12-6-4-7-13(18-3)14(12)16/h4,6-7,11,17H,5,8-10H2,1-3H3. The Morgan fingerprint density at radius 2 is 2.22 bits per heavy atom. The van der Waals surface area contributed by atoms with Gasteiger partial charge in [-0.25, -0.2) is 4.39 Å². The number of hydrogen-bond acceptors (Lipinski definition) is 2. The van der Waals surface area contributed by atoms with E-state index in [4.69, 9.17) is 4.74 Å². The molecule has 1 unspecified atom stereocenters. The maximum absolute atomic E-state index is 14.5. The van der Waals surface area contributed by atoms with Crippen LogP contribution in [0.1, 0.15) is 38.7 Å². The maximum atomic E-state index is 14.5. The maximum Gasteiger partial charge on any atom is 0.170 e. The Kier molecular flexibility index (Phi) is 3.91. The molecular formula is C15H22FNO. The van der Waals surface area contributed by atoms with Gasteiger partial charge in [-0.2, -0.15) is 0 Å². The van der Waals surface area contributed by atoms with Gasteiger partial charge in [0.2, 0.25) is 0 Å². The largest absolute Gasteiger partial charge is 0.494 e. The van der Waals surface area contributed by atoms with Crippen molar-refractivity contribution in [1.82, 2.24) is 5.32 Å². The van der Waals surface area contributed by atoms with E-state index in [0.717, 1.165) is 31.4 Å². The molecule has 0 amide bonds. The van der Waals surface area contributed by atoms with E-state index in [1.807, 2.05) is 12.1 Å². The summed E-state index contributed by atoms with van der Waals surface area (Å²) in [6.07, 6.45) is 3.05. The van der Waals surface area contributed by atoms with Gasteiger partial charge in [0.05, 0.1) is 7.11 Å². The van der Waals surface area contributed by atoms with Crippen LogP contribution >= 0.6 is 0 Å². The predicted octanol–water partition coefficient (Wildman–Crippen LogP) is 3.46. The number of halogens is 1. The number of hydrogen-bond donors (Lipinski definition) is 1. The quantitative estimate of drug-likeness (QED) is 0.885. The first-order valence-corrected chi connectivity index (χ1v) is 6.67. The fraction of sp³-hybridized carbons (Fsp3) is 0.600. The second-order valence-corrected chi connectivity index (χ2v) is 5.53. The third-order valence-electron chi connectivity index (χ3n) is 3.70. The molecule has 1 aliphatic heterocycles. The molecule has 0 saturated carbocycles. The van der Waals surface area contributed by atoms with Crippen molar-refractivity contribution in [2.24, 2.45) is 5.92 Å². The molecule has 0 spiro atoms. The van der Waals surface area contributed by atoms with Gasteiger partial charge in [0, 0.05) is 11.1 Å². The summed E-state index contributed by atoms with van der Waals surface area (Å²) in [4.78, 5) is 0. The van der Waals surface area contributed by atoms with Crippen molar-refractivity contribution in [3.63, 3.8) is 0 Å². The monoisotopic (exact) mass is 251 g/mol. The van der Waals surface area contributed by atoms with Gasteiger partial charge in [-0.05, 0) is 37.8 Å². The summed E-state index contributed by atoms with van der Waals surface area (Å²) >= 11 is 0. The highest BCUT2D eigenvalue weighted by atomic mass is 19.1. The van der Waals surface area contributed by atoms with Crippen LogP contribution in [-0.4, -0.2) is 13.7 Å². The third-order valence-corrected chi connectivity index (χ3v) is 3.70. The van der Waals surface area contributed by atoms with Crippen molar-refractivity contribution in [1.29, 1.82) is 0 Å². The van der Waals surface area contributed by atoms with Gasteiger partial charge in [-0.15, -0.1) is 0 Å². The molecule has 1 aromatic rings. The van der Waals surface area contributed by atoms with Crippen molar-refractivity contribution in [3.8, 4) is 5.75 Å². The number of rotatable bonds is 4. The van der Waals surface area contributed by atoms with Crippen LogP contribution in [0.5, 0.6) is 5.75 Å². The fourth-order valence-corrected chi connectivity index (χ4v) is 3.06. The zero-order chi connectivity index (χ0) is 13.2. The minimum Gasteiger partial charge on any atom is -0.494 e. The van der Waals surface area contributed by atoms with E-state index in [-0.39, 0.29) is 11.4 Å². The first-order chi connectivity index (χ1) is 8.59. The molecular weight excluding hydrogens is 229 g/mol. The minimum atomic E-state index is -0.215. The zero-order valence-corrected chi connectivity index (χ0v) is 11.4. The molecule has 3 heteroatoms. The van der Waals surface area contributed by atoms with E-state index in [1.165, 1.54) is 7.11 Å². The average molecular weight is 251 g/mol. The molecule has 18 heavy (non-hydrogen) atoms. The Balaban J connectivity index is 2.43. The molecule has 1 fully saturated rings. The molecule has 1 heterocycles. The molecule has 1 aliphatic rings. The molecule has 2 nitrogen and oxygen atoms in total. The topological polar surface area (TPSA) is 21.3 Å². The summed E-state index contributed by atoms with van der Waals surface area (Å²) in [6.45, 7) is 5.32. The highest BCUT2D eigenvalue weighted by molar-refractivity contribution is 5.36. The van der Waals surface area contributed by atoms with Crippen LogP contribution in [-0.2, 0) is 5.54 Å². The van der Waals surface area contributed by atoms with Crippen LogP contribution in [0.3, 0.4) is 0 Å². The summed E-state index contributed by atoms with van der Waals surface area (Å²) < 4.78 is 19.5. The van der Waals surface area contributed by atoms with E-state index < -0.39 is 0 Å². The van der Waals surface area contributed by atoms with Gasteiger partial charge in [0.1, 0.15) is 0 Å². The van der Waals surface area contributed by atoms with Crippen LogP contribution in [0, 0.1) is 11.7 Å². The molecule has 1 aromatic carbocycles. The lowest BCUT2D eigenvalue weighted by Gasteiger charge is -2.32. The highest BCUT2D eigenvalue weighted by Crippen LogP contribution is 2.39. The highest BCUT2D eigenvalue weighted by Gasteiger charge is 2.38. The minimum absolute atomic E-state index is 0.213. The Bertz CT molecular complexity index is 411. The zero-order valence-electron chi connectivity index (χ0n) is 11.4. The lowest BCUT2D eigenvalue weighted by Crippen LogP contribution is -2.39. The Morgan fingerprint density at radius 3 is 2.78 bits per heavy atom. The molecule has 0 aromatic heterocycles. The number of ether oxygens (including phenoxy) is 1. The molecule has 0 aliphatic carbocycles. The van der Waals surface area contributed by atoms with Crippen molar-refractivity contribution < 1.29 is 9.13 Å². The van der Waals surface area contributed by atoms with E-state index in [0.29, 0.717) is 11.7 Å². The number of nitrogens with one attached hydrogen (secondary N) is 1. The second-order valence-electron chi connectivity index (χ2n) is 5.53. The summed E-state index contributed by atoms with van der Waals surface area (Å²) in [5.41, 5.74) is 0.542. The van der Waals surface area contributed by atoms with Crippen LogP contribution in [0.15, 0.2) is 18.2 Å². The van der Waals surface area contributed by atoms with Crippen molar-refractivity contribution >= 4 is 0 Å². The van der Waals surface area contributed by atoms with Gasteiger partial charge in [-0.3, -0.25) is 0 Å². The lowest BCUT2D eigenvalue weighted by atomic mass is 9.81. The smallest absolute Gasteiger partial charge is 0.170 e. The van der Waals surface area contributed by atoms with Crippen molar-refractivity contribution in [2.45, 2.75) is 38.6 Å². The SMILES string of the molecule is COc1cccc(C2(CC(C)C)CCCN2)c1F. The second kappa shape index (κ2) is 5.27. The first-order valence-electron chi connectivity index (χ1n) is 6.67. The van der Waals surface area contributed by atoms with E-state index in [2.05, 4.69) is 19.2 Å². The van der Waals surface area contributed by atoms with Gasteiger partial charge in [0.25, 0.3) is 0 Å². The fourth-order valence-electron chi connectivity index (χ4n) is 3.06. The summed E-state index contributed by atoms with van der Waals surface area (Å²) in [5, 5.41) is 3.51. The lowest BCUT2D eigenvalue weighted by molar-refractivity contribution is 0.294. The first kappa shape index (κ1) is 13.3. The molecule has 0 bridgehead atoms. The van der Waals surface area contributed by atoms with Crippen LogP contribution in [0.4, 0.5) is 4.39 Å². The number of methoxy groups -OCH3 is 1. The summed E-state index contributed by atoms with van der Waals surface area (Å²) in [5.74, 6) is 0.653. The van der Waals surface area contributed by atoms with Gasteiger partial charge in [0.15, 0.2) is 11.6 Å². The Hall–Kier alpha value is -1.09. The van der Waals surface area contributed by atoms with E-state index in [1.54, 1.807) is 6.07 Å². The molecule has 1 N–H and O–H groups in total. The molecule has 0 radical (unpaired) electrons. The molecule has 1 atom stereocenters. The van der Waals surface area contributed by atoms with Gasteiger partial charge >= 0.3 is 0 Å². The third kappa shape index (κ3) is 2.37. The number of benzene rings is 1. The summed E-state index contributed by atoms with van der Waals surface area (Å²) in [6, 6.07) is 5.44. The predicted molar refractivity (Wildman–Crippen MR) is 71.3 cm³/mol.